The van der Waals surface area contributed by atoms with Crippen LogP contribution in [0, 0.1) is 0 Å². The molecule has 1 fully saturated rings. The SMILES string of the molecule is O=C1CSC(Cc2cc3ccccc3o2)N1. The average Bonchev–Trinajstić information content (AvgIpc) is 2.84. The van der Waals surface area contributed by atoms with Crippen LogP contribution in [0.25, 0.3) is 11.0 Å². The number of amides is 1. The monoisotopic (exact) mass is 233 g/mol. The fourth-order valence-corrected chi connectivity index (χ4v) is 2.80. The molecule has 2 heterocycles. The number of carbonyl (C=O) groups is 1. The molecule has 1 atom stereocenters. The molecule has 1 amide bonds. The molecule has 0 aliphatic carbocycles. The quantitative estimate of drug-likeness (QED) is 0.864. The van der Waals surface area contributed by atoms with E-state index in [-0.39, 0.29) is 11.3 Å². The summed E-state index contributed by atoms with van der Waals surface area (Å²) in [4.78, 5) is 11.1. The first-order chi connectivity index (χ1) is 7.81. The predicted octanol–water partition coefficient (Wildman–Crippen LogP) is 2.16. The van der Waals surface area contributed by atoms with E-state index in [0.717, 1.165) is 23.2 Å². The Labute approximate surface area is 97.2 Å². The van der Waals surface area contributed by atoms with Gasteiger partial charge in [0.15, 0.2) is 0 Å². The van der Waals surface area contributed by atoms with Crippen molar-refractivity contribution in [1.29, 1.82) is 0 Å². The molecule has 1 unspecified atom stereocenters. The van der Waals surface area contributed by atoms with Crippen molar-refractivity contribution in [3.05, 3.63) is 36.1 Å². The summed E-state index contributed by atoms with van der Waals surface area (Å²) in [7, 11) is 0. The molecule has 4 heteroatoms. The number of thioether (sulfide) groups is 1. The predicted molar refractivity (Wildman–Crippen MR) is 64.3 cm³/mol. The average molecular weight is 233 g/mol. The van der Waals surface area contributed by atoms with Crippen molar-refractivity contribution in [2.45, 2.75) is 11.8 Å². The minimum Gasteiger partial charge on any atom is -0.461 e. The van der Waals surface area contributed by atoms with E-state index < -0.39 is 0 Å². The highest BCUT2D eigenvalue weighted by Gasteiger charge is 2.22. The third kappa shape index (κ3) is 1.80. The molecule has 3 rings (SSSR count). The minimum absolute atomic E-state index is 0.117. The maximum absolute atomic E-state index is 11.1. The second kappa shape index (κ2) is 3.87. The van der Waals surface area contributed by atoms with Crippen LogP contribution in [0.3, 0.4) is 0 Å². The zero-order chi connectivity index (χ0) is 11.0. The van der Waals surface area contributed by atoms with Gasteiger partial charge < -0.3 is 9.73 Å². The van der Waals surface area contributed by atoms with E-state index in [9.17, 15) is 4.79 Å². The van der Waals surface area contributed by atoms with Gasteiger partial charge in [0.05, 0.1) is 11.1 Å². The smallest absolute Gasteiger partial charge is 0.230 e. The van der Waals surface area contributed by atoms with Crippen LogP contribution in [0.4, 0.5) is 0 Å². The van der Waals surface area contributed by atoms with Gasteiger partial charge >= 0.3 is 0 Å². The second-order valence-electron chi connectivity index (χ2n) is 3.82. The minimum atomic E-state index is 0.117. The van der Waals surface area contributed by atoms with Crippen molar-refractivity contribution in [3.8, 4) is 0 Å². The summed E-state index contributed by atoms with van der Waals surface area (Å²) in [5.41, 5.74) is 0.909. The van der Waals surface area contributed by atoms with Crippen LogP contribution in [0.1, 0.15) is 5.76 Å². The van der Waals surface area contributed by atoms with Crippen molar-refractivity contribution in [2.24, 2.45) is 0 Å². The standard InChI is InChI=1S/C12H11NO2S/c14-11-7-16-12(13-11)6-9-5-8-3-1-2-4-10(8)15-9/h1-5,12H,6-7H2,(H,13,14). The zero-order valence-electron chi connectivity index (χ0n) is 8.60. The fraction of sp³-hybridized carbons (Fsp3) is 0.250. The third-order valence-electron chi connectivity index (χ3n) is 2.60. The number of hydrogen-bond donors (Lipinski definition) is 1. The summed E-state index contributed by atoms with van der Waals surface area (Å²) in [5, 5.41) is 4.19. The van der Waals surface area contributed by atoms with E-state index in [0.29, 0.717) is 5.75 Å². The summed E-state index contributed by atoms with van der Waals surface area (Å²) < 4.78 is 5.70. The van der Waals surface area contributed by atoms with Crippen LogP contribution in [0.5, 0.6) is 0 Å². The Hall–Kier alpha value is -1.42. The molecule has 0 radical (unpaired) electrons. The summed E-state index contributed by atoms with van der Waals surface area (Å²) >= 11 is 1.63. The number of hydrogen-bond acceptors (Lipinski definition) is 3. The van der Waals surface area contributed by atoms with Gasteiger partial charge in [-0.15, -0.1) is 11.8 Å². The van der Waals surface area contributed by atoms with Crippen molar-refractivity contribution in [3.63, 3.8) is 0 Å². The molecule has 2 aromatic rings. The Morgan fingerprint density at radius 1 is 1.44 bits per heavy atom. The van der Waals surface area contributed by atoms with Gasteiger partial charge in [0.2, 0.25) is 5.91 Å². The van der Waals surface area contributed by atoms with Gasteiger partial charge in [-0.3, -0.25) is 4.79 Å². The molecular weight excluding hydrogens is 222 g/mol. The normalized spacial score (nSPS) is 20.2. The van der Waals surface area contributed by atoms with Gasteiger partial charge in [-0.1, -0.05) is 18.2 Å². The van der Waals surface area contributed by atoms with Gasteiger partial charge in [0.1, 0.15) is 11.3 Å². The highest BCUT2D eigenvalue weighted by molar-refractivity contribution is 8.01. The van der Waals surface area contributed by atoms with Crippen molar-refractivity contribution in [1.82, 2.24) is 5.32 Å². The largest absolute Gasteiger partial charge is 0.461 e. The van der Waals surface area contributed by atoms with E-state index >= 15 is 0 Å². The van der Waals surface area contributed by atoms with Gasteiger partial charge in [-0.05, 0) is 12.1 Å². The number of para-hydroxylation sites is 1. The van der Waals surface area contributed by atoms with Crippen molar-refractivity contribution < 1.29 is 9.21 Å². The Kier molecular flexibility index (Phi) is 2.36. The van der Waals surface area contributed by atoms with Crippen LogP contribution in [0.15, 0.2) is 34.7 Å². The molecule has 16 heavy (non-hydrogen) atoms. The van der Waals surface area contributed by atoms with E-state index in [1.165, 1.54) is 0 Å². The Morgan fingerprint density at radius 3 is 3.06 bits per heavy atom. The molecule has 1 aromatic heterocycles. The first kappa shape index (κ1) is 9.78. The number of benzene rings is 1. The first-order valence-electron chi connectivity index (χ1n) is 5.20. The Morgan fingerprint density at radius 2 is 2.31 bits per heavy atom. The number of carbonyl (C=O) groups excluding carboxylic acids is 1. The summed E-state index contributed by atoms with van der Waals surface area (Å²) in [5.74, 6) is 1.61. The van der Waals surface area contributed by atoms with Gasteiger partial charge in [-0.25, -0.2) is 0 Å². The second-order valence-corrected chi connectivity index (χ2v) is 5.01. The van der Waals surface area contributed by atoms with E-state index in [2.05, 4.69) is 5.32 Å². The molecule has 1 saturated heterocycles. The molecule has 1 aliphatic rings. The number of fused-ring (bicyclic) bond motifs is 1. The fourth-order valence-electron chi connectivity index (χ4n) is 1.87. The molecule has 1 aromatic carbocycles. The van der Waals surface area contributed by atoms with Crippen molar-refractivity contribution >= 4 is 28.6 Å². The lowest BCUT2D eigenvalue weighted by molar-refractivity contribution is -0.118. The van der Waals surface area contributed by atoms with Gasteiger partial charge in [0, 0.05) is 11.8 Å². The molecular formula is C12H11NO2S. The summed E-state index contributed by atoms with van der Waals surface area (Å²) in [6.45, 7) is 0. The molecule has 1 N–H and O–H groups in total. The molecule has 0 spiro atoms. The number of furan rings is 1. The van der Waals surface area contributed by atoms with Crippen LogP contribution < -0.4 is 5.32 Å². The summed E-state index contributed by atoms with van der Waals surface area (Å²) in [6.07, 6.45) is 0.755. The maximum atomic E-state index is 11.1. The van der Waals surface area contributed by atoms with Crippen LogP contribution in [-0.4, -0.2) is 17.0 Å². The van der Waals surface area contributed by atoms with Gasteiger partial charge in [-0.2, -0.15) is 0 Å². The number of rotatable bonds is 2. The topological polar surface area (TPSA) is 42.2 Å². The molecule has 0 bridgehead atoms. The lowest BCUT2D eigenvalue weighted by Gasteiger charge is -2.05. The van der Waals surface area contributed by atoms with E-state index in [1.807, 2.05) is 30.3 Å². The Balaban J connectivity index is 1.81. The van der Waals surface area contributed by atoms with E-state index in [4.69, 9.17) is 4.42 Å². The van der Waals surface area contributed by atoms with Crippen LogP contribution in [-0.2, 0) is 11.2 Å². The molecule has 1 aliphatic heterocycles. The first-order valence-corrected chi connectivity index (χ1v) is 6.24. The lowest BCUT2D eigenvalue weighted by atomic mass is 10.2. The highest BCUT2D eigenvalue weighted by Crippen LogP contribution is 2.24. The molecule has 82 valence electrons. The van der Waals surface area contributed by atoms with Crippen molar-refractivity contribution in [2.75, 3.05) is 5.75 Å². The lowest BCUT2D eigenvalue weighted by Crippen LogP contribution is -2.26. The van der Waals surface area contributed by atoms with E-state index in [1.54, 1.807) is 11.8 Å². The molecule has 3 nitrogen and oxygen atoms in total. The summed E-state index contributed by atoms with van der Waals surface area (Å²) in [6, 6.07) is 9.98. The number of nitrogens with one attached hydrogen (secondary N) is 1. The van der Waals surface area contributed by atoms with Crippen LogP contribution >= 0.6 is 11.8 Å². The molecule has 0 saturated carbocycles. The highest BCUT2D eigenvalue weighted by atomic mass is 32.2. The maximum Gasteiger partial charge on any atom is 0.230 e. The zero-order valence-corrected chi connectivity index (χ0v) is 9.42. The van der Waals surface area contributed by atoms with Crippen LogP contribution in [0.2, 0.25) is 0 Å². The Bertz CT molecular complexity index is 502. The third-order valence-corrected chi connectivity index (χ3v) is 3.72. The van der Waals surface area contributed by atoms with Gasteiger partial charge in [0.25, 0.3) is 0 Å².